The number of hydrogen-bond acceptors (Lipinski definition) is 4. The van der Waals surface area contributed by atoms with E-state index in [0.29, 0.717) is 16.6 Å². The van der Waals surface area contributed by atoms with E-state index in [0.717, 1.165) is 18.5 Å². The van der Waals surface area contributed by atoms with Crippen LogP contribution >= 0.6 is 24.0 Å². The summed E-state index contributed by atoms with van der Waals surface area (Å²) in [5.41, 5.74) is 2.16. The minimum Gasteiger partial charge on any atom is -0.311 e. The van der Waals surface area contributed by atoms with Gasteiger partial charge in [0.15, 0.2) is 0 Å². The Hall–Kier alpha value is -1.40. The first-order chi connectivity index (χ1) is 9.66. The molecule has 0 N–H and O–H groups in total. The van der Waals surface area contributed by atoms with Gasteiger partial charge in [-0.1, -0.05) is 42.2 Å². The number of benzene rings is 1. The van der Waals surface area contributed by atoms with Crippen LogP contribution in [0.1, 0.15) is 12.0 Å². The van der Waals surface area contributed by atoms with Crippen molar-refractivity contribution < 1.29 is 9.59 Å². The fourth-order valence-corrected chi connectivity index (χ4v) is 3.62. The van der Waals surface area contributed by atoms with Gasteiger partial charge in [-0.3, -0.25) is 14.5 Å². The van der Waals surface area contributed by atoms with Gasteiger partial charge in [-0.25, -0.2) is 0 Å². The van der Waals surface area contributed by atoms with Gasteiger partial charge in [0.1, 0.15) is 10.9 Å². The van der Waals surface area contributed by atoms with E-state index in [1.165, 1.54) is 22.2 Å². The average Bonchev–Trinajstić information content (AvgIpc) is 2.78. The Morgan fingerprint density at radius 3 is 2.90 bits per heavy atom. The number of para-hydroxylation sites is 1. The van der Waals surface area contributed by atoms with Gasteiger partial charge in [0.2, 0.25) is 11.8 Å². The number of anilines is 1. The highest BCUT2D eigenvalue weighted by molar-refractivity contribution is 8.23. The highest BCUT2D eigenvalue weighted by Crippen LogP contribution is 2.27. The molecule has 1 aromatic rings. The summed E-state index contributed by atoms with van der Waals surface area (Å²) < 4.78 is 0.508. The van der Waals surface area contributed by atoms with Crippen LogP contribution in [0.25, 0.3) is 0 Å². The summed E-state index contributed by atoms with van der Waals surface area (Å²) in [6.45, 7) is 0.761. The van der Waals surface area contributed by atoms with E-state index in [-0.39, 0.29) is 18.4 Å². The minimum absolute atomic E-state index is 0.0546. The molecule has 6 heteroatoms. The molecule has 0 saturated carbocycles. The fraction of sp³-hybridized carbons (Fsp3) is 0.357. The third-order valence-corrected chi connectivity index (χ3v) is 4.98. The van der Waals surface area contributed by atoms with E-state index < -0.39 is 0 Å². The summed E-state index contributed by atoms with van der Waals surface area (Å²) in [5, 5.41) is 0. The number of carbonyl (C=O) groups excluding carboxylic acids is 2. The van der Waals surface area contributed by atoms with Crippen molar-refractivity contribution in [3.63, 3.8) is 0 Å². The summed E-state index contributed by atoms with van der Waals surface area (Å²) in [6.07, 6.45) is 1.95. The smallest absolute Gasteiger partial charge is 0.247 e. The predicted octanol–water partition coefficient (Wildman–Crippen LogP) is 1.83. The lowest BCUT2D eigenvalue weighted by atomic mass is 10.0. The minimum atomic E-state index is -0.0707. The molecule has 0 unspecified atom stereocenters. The number of aryl methyl sites for hydroxylation is 1. The molecule has 0 atom stereocenters. The van der Waals surface area contributed by atoms with Crippen LogP contribution in [-0.2, 0) is 16.0 Å². The topological polar surface area (TPSA) is 40.6 Å². The molecule has 4 nitrogen and oxygen atoms in total. The van der Waals surface area contributed by atoms with Gasteiger partial charge in [0, 0.05) is 12.2 Å². The van der Waals surface area contributed by atoms with Crippen molar-refractivity contribution in [1.82, 2.24) is 4.90 Å². The highest BCUT2D eigenvalue weighted by atomic mass is 32.2. The molecule has 20 heavy (non-hydrogen) atoms. The summed E-state index contributed by atoms with van der Waals surface area (Å²) in [5.74, 6) is 0.219. The molecule has 0 bridgehead atoms. The zero-order chi connectivity index (χ0) is 14.1. The maximum absolute atomic E-state index is 12.5. The first-order valence-electron chi connectivity index (χ1n) is 6.52. The number of thiocarbonyl (C=S) groups is 1. The predicted molar refractivity (Wildman–Crippen MR) is 83.9 cm³/mol. The summed E-state index contributed by atoms with van der Waals surface area (Å²) in [7, 11) is 0. The van der Waals surface area contributed by atoms with Crippen molar-refractivity contribution >= 4 is 45.8 Å². The second-order valence-electron chi connectivity index (χ2n) is 4.81. The lowest BCUT2D eigenvalue weighted by Gasteiger charge is -2.30. The maximum atomic E-state index is 12.5. The van der Waals surface area contributed by atoms with Gasteiger partial charge in [-0.15, -0.1) is 0 Å². The Balaban J connectivity index is 1.79. The van der Waals surface area contributed by atoms with E-state index >= 15 is 0 Å². The van der Waals surface area contributed by atoms with Crippen LogP contribution in [0.4, 0.5) is 5.69 Å². The first kappa shape index (κ1) is 13.6. The van der Waals surface area contributed by atoms with Gasteiger partial charge in [0.05, 0.1) is 5.75 Å². The van der Waals surface area contributed by atoms with Crippen LogP contribution in [-0.4, -0.2) is 39.9 Å². The molecule has 0 aliphatic carbocycles. The number of fused-ring (bicyclic) bond motifs is 1. The van der Waals surface area contributed by atoms with Crippen LogP contribution in [0, 0.1) is 0 Å². The van der Waals surface area contributed by atoms with Crippen molar-refractivity contribution in [2.45, 2.75) is 12.8 Å². The monoisotopic (exact) mass is 306 g/mol. The van der Waals surface area contributed by atoms with E-state index in [4.69, 9.17) is 12.2 Å². The van der Waals surface area contributed by atoms with Crippen LogP contribution in [0.5, 0.6) is 0 Å². The third-order valence-electron chi connectivity index (χ3n) is 3.55. The number of rotatable bonds is 2. The number of thioether (sulfide) groups is 1. The van der Waals surface area contributed by atoms with Crippen molar-refractivity contribution in [2.75, 3.05) is 23.7 Å². The fourth-order valence-electron chi connectivity index (χ4n) is 2.55. The molecule has 1 aromatic carbocycles. The molecule has 2 heterocycles. The molecule has 0 radical (unpaired) electrons. The number of nitrogens with zero attached hydrogens (tertiary/aromatic N) is 2. The van der Waals surface area contributed by atoms with Crippen LogP contribution in [0.3, 0.4) is 0 Å². The normalized spacial score (nSPS) is 18.4. The second kappa shape index (κ2) is 5.54. The molecule has 0 spiro atoms. The molecule has 3 rings (SSSR count). The third kappa shape index (κ3) is 2.45. The zero-order valence-electron chi connectivity index (χ0n) is 10.9. The lowest BCUT2D eigenvalue weighted by Crippen LogP contribution is -2.44. The van der Waals surface area contributed by atoms with E-state index in [1.807, 2.05) is 18.2 Å². The Morgan fingerprint density at radius 1 is 1.35 bits per heavy atom. The Labute approximate surface area is 127 Å². The lowest BCUT2D eigenvalue weighted by molar-refractivity contribution is -0.128. The van der Waals surface area contributed by atoms with Crippen LogP contribution in [0.15, 0.2) is 24.3 Å². The van der Waals surface area contributed by atoms with Crippen LogP contribution in [0.2, 0.25) is 0 Å². The Morgan fingerprint density at radius 2 is 2.15 bits per heavy atom. The van der Waals surface area contributed by atoms with Gasteiger partial charge < -0.3 is 4.90 Å². The van der Waals surface area contributed by atoms with Crippen molar-refractivity contribution in [2.24, 2.45) is 0 Å². The molecule has 1 saturated heterocycles. The zero-order valence-corrected chi connectivity index (χ0v) is 12.5. The van der Waals surface area contributed by atoms with Crippen LogP contribution < -0.4 is 4.90 Å². The molecule has 104 valence electrons. The number of carbonyl (C=O) groups is 2. The summed E-state index contributed by atoms with van der Waals surface area (Å²) in [6, 6.07) is 7.94. The van der Waals surface area contributed by atoms with Crippen molar-refractivity contribution in [3.8, 4) is 0 Å². The quantitative estimate of drug-likeness (QED) is 0.782. The van der Waals surface area contributed by atoms with E-state index in [9.17, 15) is 9.59 Å². The summed E-state index contributed by atoms with van der Waals surface area (Å²) >= 11 is 6.44. The van der Waals surface area contributed by atoms with Gasteiger partial charge in [-0.2, -0.15) is 0 Å². The Kier molecular flexibility index (Phi) is 3.76. The SMILES string of the molecule is O=C1CSC(=S)N1CC(=O)N1CCCc2ccccc21. The highest BCUT2D eigenvalue weighted by Gasteiger charge is 2.31. The molecular weight excluding hydrogens is 292 g/mol. The maximum Gasteiger partial charge on any atom is 0.247 e. The van der Waals surface area contributed by atoms with Gasteiger partial charge in [-0.05, 0) is 24.5 Å². The molecule has 2 amide bonds. The first-order valence-corrected chi connectivity index (χ1v) is 7.91. The molecule has 2 aliphatic rings. The van der Waals surface area contributed by atoms with E-state index in [2.05, 4.69) is 6.07 Å². The number of hydrogen-bond donors (Lipinski definition) is 0. The van der Waals surface area contributed by atoms with Crippen molar-refractivity contribution in [3.05, 3.63) is 29.8 Å². The van der Waals surface area contributed by atoms with Gasteiger partial charge in [0.25, 0.3) is 0 Å². The molecular formula is C14H14N2O2S2. The molecule has 0 aromatic heterocycles. The number of amides is 2. The van der Waals surface area contributed by atoms with Crippen molar-refractivity contribution in [1.29, 1.82) is 0 Å². The summed E-state index contributed by atoms with van der Waals surface area (Å²) in [4.78, 5) is 27.4. The standard InChI is InChI=1S/C14H14N2O2S2/c17-12(8-16-13(18)9-20-14(16)19)15-7-3-5-10-4-1-2-6-11(10)15/h1-2,4,6H,3,5,7-9H2. The average molecular weight is 306 g/mol. The van der Waals surface area contributed by atoms with E-state index in [1.54, 1.807) is 4.90 Å². The second-order valence-corrected chi connectivity index (χ2v) is 6.42. The molecule has 2 aliphatic heterocycles. The Bertz CT molecular complexity index is 572. The largest absolute Gasteiger partial charge is 0.311 e. The molecule has 1 fully saturated rings. The van der Waals surface area contributed by atoms with Gasteiger partial charge >= 0.3 is 0 Å².